The van der Waals surface area contributed by atoms with Gasteiger partial charge >= 0.3 is 0 Å². The van der Waals surface area contributed by atoms with Crippen LogP contribution in [0.4, 0.5) is 0 Å². The maximum atomic E-state index is 11.8. The molecule has 1 fully saturated rings. The van der Waals surface area contributed by atoms with Crippen LogP contribution < -0.4 is 5.32 Å². The Bertz CT molecular complexity index is 353. The Morgan fingerprint density at radius 1 is 1.47 bits per heavy atom. The van der Waals surface area contributed by atoms with Gasteiger partial charge in [0.1, 0.15) is 6.29 Å². The molecule has 1 saturated carbocycles. The third-order valence-corrected chi connectivity index (χ3v) is 3.70. The van der Waals surface area contributed by atoms with Gasteiger partial charge in [0.2, 0.25) is 0 Å². The van der Waals surface area contributed by atoms with Gasteiger partial charge in [0.05, 0.1) is 10.4 Å². The van der Waals surface area contributed by atoms with Gasteiger partial charge in [-0.2, -0.15) is 0 Å². The minimum Gasteiger partial charge on any atom is -0.339 e. The van der Waals surface area contributed by atoms with Crippen molar-refractivity contribution in [3.63, 3.8) is 0 Å². The van der Waals surface area contributed by atoms with E-state index in [1.54, 1.807) is 6.07 Å². The smallest absolute Gasteiger partial charge is 0.262 e. The summed E-state index contributed by atoms with van der Waals surface area (Å²) in [7, 11) is 0. The van der Waals surface area contributed by atoms with E-state index in [2.05, 4.69) is 5.32 Å². The molecule has 2 rings (SSSR count). The zero-order valence-electron chi connectivity index (χ0n) is 8.36. The van der Waals surface area contributed by atoms with E-state index in [9.17, 15) is 9.59 Å². The lowest BCUT2D eigenvalue weighted by atomic mass is 10.00. The molecular formula is C11H13NO2S. The minimum atomic E-state index is -0.596. The molecule has 4 heteroatoms. The fourth-order valence-corrected chi connectivity index (χ4v) is 2.59. The second-order valence-corrected chi connectivity index (χ2v) is 4.86. The number of nitrogens with one attached hydrogen (secondary N) is 1. The molecule has 3 nitrogen and oxygen atoms in total. The summed E-state index contributed by atoms with van der Waals surface area (Å²) in [6.45, 7) is 0. The molecule has 1 heterocycles. The normalized spacial score (nSPS) is 18.7. The highest BCUT2D eigenvalue weighted by molar-refractivity contribution is 7.12. The van der Waals surface area contributed by atoms with E-state index in [0.717, 1.165) is 32.0 Å². The van der Waals surface area contributed by atoms with Crippen molar-refractivity contribution >= 4 is 23.5 Å². The van der Waals surface area contributed by atoms with Gasteiger partial charge in [-0.3, -0.25) is 4.79 Å². The third kappa shape index (κ3) is 2.09. The SMILES string of the molecule is O=CC1(NC(=O)c2cccs2)CCCC1. The molecule has 0 saturated heterocycles. The van der Waals surface area contributed by atoms with Crippen LogP contribution in [0.3, 0.4) is 0 Å². The molecule has 0 atom stereocenters. The first-order chi connectivity index (χ1) is 7.26. The quantitative estimate of drug-likeness (QED) is 0.796. The summed E-state index contributed by atoms with van der Waals surface area (Å²) < 4.78 is 0. The van der Waals surface area contributed by atoms with Crippen molar-refractivity contribution in [2.75, 3.05) is 0 Å². The average molecular weight is 223 g/mol. The van der Waals surface area contributed by atoms with Gasteiger partial charge in [-0.1, -0.05) is 18.9 Å². The molecule has 0 aliphatic heterocycles. The van der Waals surface area contributed by atoms with Crippen LogP contribution in [-0.2, 0) is 4.79 Å². The lowest BCUT2D eigenvalue weighted by Gasteiger charge is -2.22. The van der Waals surface area contributed by atoms with E-state index in [1.807, 2.05) is 11.4 Å². The van der Waals surface area contributed by atoms with Gasteiger partial charge in [-0.25, -0.2) is 0 Å². The van der Waals surface area contributed by atoms with E-state index >= 15 is 0 Å². The van der Waals surface area contributed by atoms with Crippen LogP contribution >= 0.6 is 11.3 Å². The van der Waals surface area contributed by atoms with E-state index in [0.29, 0.717) is 4.88 Å². The highest BCUT2D eigenvalue weighted by Gasteiger charge is 2.35. The van der Waals surface area contributed by atoms with Crippen molar-refractivity contribution in [1.29, 1.82) is 0 Å². The highest BCUT2D eigenvalue weighted by atomic mass is 32.1. The van der Waals surface area contributed by atoms with Crippen LogP contribution in [-0.4, -0.2) is 17.7 Å². The Labute approximate surface area is 92.5 Å². The number of aldehydes is 1. The summed E-state index contributed by atoms with van der Waals surface area (Å²) in [6, 6.07) is 3.61. The summed E-state index contributed by atoms with van der Waals surface area (Å²) in [5.41, 5.74) is -0.596. The number of carbonyl (C=O) groups is 2. The van der Waals surface area contributed by atoms with Gasteiger partial charge < -0.3 is 10.1 Å². The summed E-state index contributed by atoms with van der Waals surface area (Å²) in [6.07, 6.45) is 4.47. The molecule has 80 valence electrons. The predicted octanol–water partition coefficient (Wildman–Crippen LogP) is 1.99. The third-order valence-electron chi connectivity index (χ3n) is 2.83. The van der Waals surface area contributed by atoms with E-state index < -0.39 is 5.54 Å². The summed E-state index contributed by atoms with van der Waals surface area (Å²) in [5.74, 6) is -0.126. The summed E-state index contributed by atoms with van der Waals surface area (Å²) in [5, 5.41) is 4.71. The van der Waals surface area contributed by atoms with Gasteiger partial charge in [-0.15, -0.1) is 11.3 Å². The number of hydrogen-bond donors (Lipinski definition) is 1. The van der Waals surface area contributed by atoms with Gasteiger partial charge in [-0.05, 0) is 24.3 Å². The minimum absolute atomic E-state index is 0.126. The molecule has 1 aromatic rings. The molecule has 1 N–H and O–H groups in total. The van der Waals surface area contributed by atoms with Crippen molar-refractivity contribution in [1.82, 2.24) is 5.32 Å². The molecule has 0 aromatic carbocycles. The molecule has 1 aliphatic rings. The molecule has 1 aliphatic carbocycles. The second kappa shape index (κ2) is 4.14. The Hall–Kier alpha value is -1.16. The fraction of sp³-hybridized carbons (Fsp3) is 0.455. The molecule has 0 bridgehead atoms. The van der Waals surface area contributed by atoms with Crippen LogP contribution in [0.2, 0.25) is 0 Å². The second-order valence-electron chi connectivity index (χ2n) is 3.91. The molecule has 0 unspecified atom stereocenters. The van der Waals surface area contributed by atoms with Crippen LogP contribution in [0.5, 0.6) is 0 Å². The number of rotatable bonds is 3. The molecule has 0 spiro atoms. The first-order valence-corrected chi connectivity index (χ1v) is 5.96. The van der Waals surface area contributed by atoms with E-state index in [1.165, 1.54) is 11.3 Å². The van der Waals surface area contributed by atoms with E-state index in [4.69, 9.17) is 0 Å². The Balaban J connectivity index is 2.07. The molecular weight excluding hydrogens is 210 g/mol. The Morgan fingerprint density at radius 3 is 2.73 bits per heavy atom. The first-order valence-electron chi connectivity index (χ1n) is 5.08. The van der Waals surface area contributed by atoms with Crippen LogP contribution in [0.15, 0.2) is 17.5 Å². The van der Waals surface area contributed by atoms with Crippen LogP contribution in [0, 0.1) is 0 Å². The zero-order chi connectivity index (χ0) is 10.7. The Kier molecular flexibility index (Phi) is 2.86. The van der Waals surface area contributed by atoms with Gasteiger partial charge in [0, 0.05) is 0 Å². The van der Waals surface area contributed by atoms with Gasteiger partial charge in [0.25, 0.3) is 5.91 Å². The fourth-order valence-electron chi connectivity index (χ4n) is 1.97. The van der Waals surface area contributed by atoms with Crippen molar-refractivity contribution < 1.29 is 9.59 Å². The number of amides is 1. The van der Waals surface area contributed by atoms with Crippen molar-refractivity contribution in [2.24, 2.45) is 0 Å². The maximum absolute atomic E-state index is 11.8. The standard InChI is InChI=1S/C11H13NO2S/c13-8-11(5-1-2-6-11)12-10(14)9-4-3-7-15-9/h3-4,7-8H,1-2,5-6H2,(H,12,14). The number of hydrogen-bond acceptors (Lipinski definition) is 3. The molecule has 15 heavy (non-hydrogen) atoms. The molecule has 0 radical (unpaired) electrons. The lowest BCUT2D eigenvalue weighted by Crippen LogP contribution is -2.47. The Morgan fingerprint density at radius 2 is 2.20 bits per heavy atom. The van der Waals surface area contributed by atoms with E-state index in [-0.39, 0.29) is 5.91 Å². The van der Waals surface area contributed by atoms with Gasteiger partial charge in [0.15, 0.2) is 0 Å². The van der Waals surface area contributed by atoms with Crippen molar-refractivity contribution in [2.45, 2.75) is 31.2 Å². The largest absolute Gasteiger partial charge is 0.339 e. The number of thiophene rings is 1. The van der Waals surface area contributed by atoms with Crippen molar-refractivity contribution in [3.05, 3.63) is 22.4 Å². The van der Waals surface area contributed by atoms with Crippen LogP contribution in [0.1, 0.15) is 35.4 Å². The predicted molar refractivity (Wildman–Crippen MR) is 59.0 cm³/mol. The average Bonchev–Trinajstić information content (AvgIpc) is 2.88. The highest BCUT2D eigenvalue weighted by Crippen LogP contribution is 2.28. The summed E-state index contributed by atoms with van der Waals surface area (Å²) in [4.78, 5) is 23.5. The molecule has 1 amide bonds. The monoisotopic (exact) mass is 223 g/mol. The maximum Gasteiger partial charge on any atom is 0.262 e. The topological polar surface area (TPSA) is 46.2 Å². The molecule has 1 aromatic heterocycles. The van der Waals surface area contributed by atoms with Crippen molar-refractivity contribution in [3.8, 4) is 0 Å². The first kappa shape index (κ1) is 10.4. The summed E-state index contributed by atoms with van der Waals surface area (Å²) >= 11 is 1.40. The zero-order valence-corrected chi connectivity index (χ0v) is 9.18. The van der Waals surface area contributed by atoms with Crippen LogP contribution in [0.25, 0.3) is 0 Å². The number of carbonyl (C=O) groups excluding carboxylic acids is 2. The lowest BCUT2D eigenvalue weighted by molar-refractivity contribution is -0.112.